The molecule has 5 nitrogen and oxygen atoms in total. The molecule has 1 heterocycles. The number of carbonyl (C=O) groups excluding carboxylic acids is 1. The predicted octanol–water partition coefficient (Wildman–Crippen LogP) is 0.491. The Labute approximate surface area is 88.8 Å². The second kappa shape index (κ2) is 5.43. The highest BCUT2D eigenvalue weighted by molar-refractivity contribution is 5.75. The molecule has 5 heteroatoms. The predicted molar refractivity (Wildman–Crippen MR) is 55.6 cm³/mol. The van der Waals surface area contributed by atoms with Crippen molar-refractivity contribution in [2.45, 2.75) is 12.5 Å². The molecule has 0 aromatic carbocycles. The highest BCUT2D eigenvalue weighted by Gasteiger charge is 2.14. The number of rotatable bonds is 4. The van der Waals surface area contributed by atoms with Crippen LogP contribution in [0, 0.1) is 0 Å². The summed E-state index contributed by atoms with van der Waals surface area (Å²) in [5.41, 5.74) is 6.69. The van der Waals surface area contributed by atoms with E-state index in [1.54, 1.807) is 25.5 Å². The van der Waals surface area contributed by atoms with Crippen LogP contribution in [0.5, 0.6) is 0 Å². The van der Waals surface area contributed by atoms with Gasteiger partial charge in [-0.3, -0.25) is 14.6 Å². The summed E-state index contributed by atoms with van der Waals surface area (Å²) in [4.78, 5) is 20.2. The normalized spacial score (nSPS) is 12.2. The van der Waals surface area contributed by atoms with E-state index in [0.29, 0.717) is 0 Å². The standard InChI is InChI=1S/C10H15N3O2/c1-13(15-2)10(14)6-9(11)8-4-3-5-12-7-8/h3-5,7,9H,6,11H2,1-2H3. The van der Waals surface area contributed by atoms with E-state index < -0.39 is 0 Å². The van der Waals surface area contributed by atoms with Gasteiger partial charge in [0.25, 0.3) is 0 Å². The molecule has 0 aliphatic rings. The highest BCUT2D eigenvalue weighted by Crippen LogP contribution is 2.13. The first kappa shape index (κ1) is 11.6. The lowest BCUT2D eigenvalue weighted by atomic mass is 10.1. The van der Waals surface area contributed by atoms with E-state index in [4.69, 9.17) is 10.6 Å². The van der Waals surface area contributed by atoms with Crippen molar-refractivity contribution in [1.29, 1.82) is 0 Å². The molecule has 0 fully saturated rings. The van der Waals surface area contributed by atoms with Crippen molar-refractivity contribution in [3.8, 4) is 0 Å². The molecule has 1 aromatic rings. The van der Waals surface area contributed by atoms with E-state index >= 15 is 0 Å². The van der Waals surface area contributed by atoms with Gasteiger partial charge in [-0.15, -0.1) is 0 Å². The minimum atomic E-state index is -0.344. The second-order valence-corrected chi connectivity index (χ2v) is 3.17. The van der Waals surface area contributed by atoms with Crippen LogP contribution < -0.4 is 5.73 Å². The van der Waals surface area contributed by atoms with E-state index in [9.17, 15) is 4.79 Å². The van der Waals surface area contributed by atoms with Gasteiger partial charge >= 0.3 is 0 Å². The van der Waals surface area contributed by atoms with Crippen LogP contribution in [0.4, 0.5) is 0 Å². The quantitative estimate of drug-likeness (QED) is 0.733. The summed E-state index contributed by atoms with van der Waals surface area (Å²) >= 11 is 0. The molecule has 0 aliphatic heterocycles. The molecule has 1 amide bonds. The number of pyridine rings is 1. The summed E-state index contributed by atoms with van der Waals surface area (Å²) in [6.45, 7) is 0. The number of nitrogens with two attached hydrogens (primary N) is 1. The molecule has 0 spiro atoms. The van der Waals surface area contributed by atoms with Crippen LogP contribution in [0.3, 0.4) is 0 Å². The monoisotopic (exact) mass is 209 g/mol. The SMILES string of the molecule is CON(C)C(=O)CC(N)c1cccnc1. The van der Waals surface area contributed by atoms with E-state index in [0.717, 1.165) is 10.6 Å². The van der Waals surface area contributed by atoms with E-state index in [1.807, 2.05) is 6.07 Å². The summed E-state index contributed by atoms with van der Waals surface area (Å²) in [7, 11) is 2.99. The van der Waals surface area contributed by atoms with Crippen molar-refractivity contribution in [3.05, 3.63) is 30.1 Å². The van der Waals surface area contributed by atoms with Gasteiger partial charge in [-0.2, -0.15) is 0 Å². The van der Waals surface area contributed by atoms with Crippen LogP contribution in [0.1, 0.15) is 18.0 Å². The average molecular weight is 209 g/mol. The number of aromatic nitrogens is 1. The molecule has 0 saturated heterocycles. The van der Waals surface area contributed by atoms with Crippen molar-refractivity contribution >= 4 is 5.91 Å². The molecule has 1 rings (SSSR count). The Bertz CT molecular complexity index is 316. The van der Waals surface area contributed by atoms with Gasteiger partial charge in [0, 0.05) is 31.9 Å². The Kier molecular flexibility index (Phi) is 4.20. The molecular formula is C10H15N3O2. The molecule has 0 saturated carbocycles. The summed E-state index contributed by atoms with van der Waals surface area (Å²) < 4.78 is 0. The van der Waals surface area contributed by atoms with E-state index in [-0.39, 0.29) is 18.4 Å². The molecule has 1 unspecified atom stereocenters. The van der Waals surface area contributed by atoms with Crippen molar-refractivity contribution in [3.63, 3.8) is 0 Å². The zero-order valence-corrected chi connectivity index (χ0v) is 8.88. The highest BCUT2D eigenvalue weighted by atomic mass is 16.7. The van der Waals surface area contributed by atoms with Gasteiger partial charge in [-0.1, -0.05) is 6.07 Å². The lowest BCUT2D eigenvalue weighted by Gasteiger charge is -2.16. The summed E-state index contributed by atoms with van der Waals surface area (Å²) in [6, 6.07) is 3.29. The largest absolute Gasteiger partial charge is 0.323 e. The molecule has 1 aromatic heterocycles. The minimum Gasteiger partial charge on any atom is -0.323 e. The maximum Gasteiger partial charge on any atom is 0.247 e. The maximum absolute atomic E-state index is 11.5. The number of hydrogen-bond acceptors (Lipinski definition) is 4. The Morgan fingerprint density at radius 1 is 1.73 bits per heavy atom. The number of amides is 1. The third-order valence-electron chi connectivity index (χ3n) is 2.13. The van der Waals surface area contributed by atoms with Gasteiger partial charge in [-0.05, 0) is 11.6 Å². The molecule has 2 N–H and O–H groups in total. The lowest BCUT2D eigenvalue weighted by molar-refractivity contribution is -0.169. The molecule has 0 aliphatic carbocycles. The lowest BCUT2D eigenvalue weighted by Crippen LogP contribution is -2.28. The Hall–Kier alpha value is -1.46. The van der Waals surface area contributed by atoms with E-state index in [2.05, 4.69) is 4.98 Å². The number of hydrogen-bond donors (Lipinski definition) is 1. The van der Waals surface area contributed by atoms with Gasteiger partial charge in [0.15, 0.2) is 0 Å². The summed E-state index contributed by atoms with van der Waals surface area (Å²) in [6.07, 6.45) is 3.53. The van der Waals surface area contributed by atoms with Gasteiger partial charge in [-0.25, -0.2) is 5.06 Å². The van der Waals surface area contributed by atoms with Crippen molar-refractivity contribution in [1.82, 2.24) is 10.0 Å². The van der Waals surface area contributed by atoms with Gasteiger partial charge < -0.3 is 5.73 Å². The number of carbonyl (C=O) groups is 1. The first-order valence-electron chi connectivity index (χ1n) is 4.61. The zero-order chi connectivity index (χ0) is 11.3. The second-order valence-electron chi connectivity index (χ2n) is 3.17. The van der Waals surface area contributed by atoms with Crippen LogP contribution in [0.25, 0.3) is 0 Å². The average Bonchev–Trinajstić information content (AvgIpc) is 2.29. The Balaban J connectivity index is 2.56. The van der Waals surface area contributed by atoms with E-state index in [1.165, 1.54) is 7.11 Å². The molecule has 0 radical (unpaired) electrons. The fourth-order valence-electron chi connectivity index (χ4n) is 1.13. The fourth-order valence-corrected chi connectivity index (χ4v) is 1.13. The topological polar surface area (TPSA) is 68.5 Å². The molecule has 1 atom stereocenters. The van der Waals surface area contributed by atoms with Gasteiger partial charge in [0.2, 0.25) is 5.91 Å². The third kappa shape index (κ3) is 3.30. The summed E-state index contributed by atoms with van der Waals surface area (Å²) in [5.74, 6) is -0.158. The maximum atomic E-state index is 11.5. The van der Waals surface area contributed by atoms with Crippen LogP contribution in [-0.2, 0) is 9.63 Å². The Morgan fingerprint density at radius 2 is 2.47 bits per heavy atom. The number of hydroxylamine groups is 2. The van der Waals surface area contributed by atoms with Gasteiger partial charge in [0.05, 0.1) is 7.11 Å². The first-order chi connectivity index (χ1) is 7.15. The van der Waals surface area contributed by atoms with Crippen LogP contribution >= 0.6 is 0 Å². The summed E-state index contributed by atoms with van der Waals surface area (Å²) in [5, 5.41) is 1.16. The minimum absolute atomic E-state index is 0.158. The van der Waals surface area contributed by atoms with Gasteiger partial charge in [0.1, 0.15) is 0 Å². The number of nitrogens with zero attached hydrogens (tertiary/aromatic N) is 2. The molecule has 15 heavy (non-hydrogen) atoms. The van der Waals surface area contributed by atoms with Crippen LogP contribution in [0.2, 0.25) is 0 Å². The first-order valence-corrected chi connectivity index (χ1v) is 4.61. The fraction of sp³-hybridized carbons (Fsp3) is 0.400. The third-order valence-corrected chi connectivity index (χ3v) is 2.13. The zero-order valence-electron chi connectivity index (χ0n) is 8.88. The molecule has 0 bridgehead atoms. The van der Waals surface area contributed by atoms with Crippen molar-refractivity contribution in [2.24, 2.45) is 5.73 Å². The smallest absolute Gasteiger partial charge is 0.247 e. The Morgan fingerprint density at radius 3 is 3.00 bits per heavy atom. The van der Waals surface area contributed by atoms with Crippen LogP contribution in [0.15, 0.2) is 24.5 Å². The van der Waals surface area contributed by atoms with Crippen molar-refractivity contribution in [2.75, 3.05) is 14.2 Å². The molecule has 82 valence electrons. The van der Waals surface area contributed by atoms with Crippen molar-refractivity contribution < 1.29 is 9.63 Å². The molecular weight excluding hydrogens is 194 g/mol. The van der Waals surface area contributed by atoms with Crippen LogP contribution in [-0.4, -0.2) is 30.1 Å².